The topological polar surface area (TPSA) is 92.2 Å². The Hall–Kier alpha value is -3.08. The summed E-state index contributed by atoms with van der Waals surface area (Å²) >= 11 is 0. The number of amides is 1. The number of aromatic amines is 1. The van der Waals surface area contributed by atoms with E-state index < -0.39 is 11.3 Å². The quantitative estimate of drug-likeness (QED) is 0.616. The maximum Gasteiger partial charge on any atom is 0.254 e. The molecule has 0 unspecified atom stereocenters. The average molecular weight is 484 g/mol. The third kappa shape index (κ3) is 3.13. The van der Waals surface area contributed by atoms with Gasteiger partial charge in [-0.1, -0.05) is 0 Å². The number of halogens is 2. The zero-order chi connectivity index (χ0) is 23.9. The van der Waals surface area contributed by atoms with Gasteiger partial charge in [0.2, 0.25) is 5.91 Å². The molecule has 3 aromatic heterocycles. The molecular formula is C24H27F2N7O2. The summed E-state index contributed by atoms with van der Waals surface area (Å²) < 4.78 is 34.8. The zero-order valence-corrected chi connectivity index (χ0v) is 19.5. The SMILES string of the molecule is C[C@@H]1COCCN1c1cc2c3c(nn(-c4ccn[nH]4)c3n1)CCN(C(=O)C1CC3(C1)CC3(F)F)C2. The van der Waals surface area contributed by atoms with Crippen LogP contribution in [-0.4, -0.2) is 74.0 Å². The summed E-state index contributed by atoms with van der Waals surface area (Å²) in [6.07, 6.45) is 2.80. The Bertz CT molecular complexity index is 1320. The molecule has 2 aliphatic carbocycles. The van der Waals surface area contributed by atoms with Crippen molar-refractivity contribution < 1.29 is 18.3 Å². The number of H-pyrrole nitrogens is 1. The van der Waals surface area contributed by atoms with E-state index in [4.69, 9.17) is 14.8 Å². The number of anilines is 1. The first-order chi connectivity index (χ1) is 16.9. The van der Waals surface area contributed by atoms with Gasteiger partial charge in [0.1, 0.15) is 5.82 Å². The molecule has 2 saturated carbocycles. The number of morpholine rings is 1. The molecule has 3 aromatic rings. The first kappa shape index (κ1) is 21.2. The van der Waals surface area contributed by atoms with Crippen molar-refractivity contribution in [3.05, 3.63) is 29.6 Å². The predicted octanol–water partition coefficient (Wildman–Crippen LogP) is 2.69. The van der Waals surface area contributed by atoms with Gasteiger partial charge < -0.3 is 14.5 Å². The number of pyridine rings is 1. The molecule has 0 radical (unpaired) electrons. The minimum Gasteiger partial charge on any atom is -0.377 e. The average Bonchev–Trinajstić information content (AvgIpc) is 3.11. The Morgan fingerprint density at radius 2 is 2.11 bits per heavy atom. The Balaban J connectivity index is 1.26. The summed E-state index contributed by atoms with van der Waals surface area (Å²) in [5.41, 5.74) is 1.69. The maximum atomic E-state index is 13.7. The minimum atomic E-state index is -2.59. The summed E-state index contributed by atoms with van der Waals surface area (Å²) in [7, 11) is 0. The van der Waals surface area contributed by atoms with Gasteiger partial charge in [-0.15, -0.1) is 0 Å². The van der Waals surface area contributed by atoms with Gasteiger partial charge in [-0.3, -0.25) is 9.89 Å². The Morgan fingerprint density at radius 1 is 1.29 bits per heavy atom. The third-order valence-electron chi connectivity index (χ3n) is 8.28. The van der Waals surface area contributed by atoms with Crippen LogP contribution in [0.25, 0.3) is 16.9 Å². The molecule has 0 bridgehead atoms. The molecule has 7 rings (SSSR count). The van der Waals surface area contributed by atoms with Gasteiger partial charge in [-0.2, -0.15) is 14.9 Å². The van der Waals surface area contributed by atoms with Gasteiger partial charge in [0.05, 0.1) is 31.1 Å². The van der Waals surface area contributed by atoms with Crippen molar-refractivity contribution in [3.63, 3.8) is 0 Å². The van der Waals surface area contributed by atoms with Crippen molar-refractivity contribution in [1.82, 2.24) is 29.9 Å². The van der Waals surface area contributed by atoms with Crippen LogP contribution in [0, 0.1) is 11.3 Å². The monoisotopic (exact) mass is 483 g/mol. The summed E-state index contributed by atoms with van der Waals surface area (Å²) in [5, 5.41) is 12.9. The first-order valence-corrected chi connectivity index (χ1v) is 12.3. The van der Waals surface area contributed by atoms with E-state index in [1.165, 1.54) is 0 Å². The summed E-state index contributed by atoms with van der Waals surface area (Å²) in [5.74, 6) is -1.36. The van der Waals surface area contributed by atoms with Crippen LogP contribution in [0.4, 0.5) is 14.6 Å². The highest BCUT2D eigenvalue weighted by molar-refractivity contribution is 5.87. The molecule has 1 N–H and O–H groups in total. The summed E-state index contributed by atoms with van der Waals surface area (Å²) in [6.45, 7) is 5.01. The predicted molar refractivity (Wildman–Crippen MR) is 122 cm³/mol. The lowest BCUT2D eigenvalue weighted by atomic mass is 9.70. The molecule has 4 aliphatic rings. The fourth-order valence-corrected chi connectivity index (χ4v) is 6.16. The van der Waals surface area contributed by atoms with Gasteiger partial charge in [-0.25, -0.2) is 13.8 Å². The minimum absolute atomic E-state index is 0.0174. The largest absolute Gasteiger partial charge is 0.377 e. The number of hydrogen-bond donors (Lipinski definition) is 1. The van der Waals surface area contributed by atoms with Crippen LogP contribution in [0.15, 0.2) is 18.3 Å². The number of carbonyl (C=O) groups excluding carboxylic acids is 1. The summed E-state index contributed by atoms with van der Waals surface area (Å²) in [4.78, 5) is 22.4. The maximum absolute atomic E-state index is 13.7. The number of carbonyl (C=O) groups is 1. The van der Waals surface area contributed by atoms with Gasteiger partial charge in [-0.05, 0) is 31.4 Å². The standard InChI is InChI=1S/C24H27F2N7O2/c1-14-12-35-7-6-32(14)19-8-15-11-31(22(34)16-9-23(10-16)13-24(23,25)26)5-3-17-20(15)21(28-19)33(30-17)18-2-4-27-29-18/h2,4,8,14,16H,3,5-7,9-13H2,1H3,(H,27,29)/t14-,16?,23?/m1/s1. The van der Waals surface area contributed by atoms with E-state index in [0.717, 1.165) is 40.5 Å². The fraction of sp³-hybridized carbons (Fsp3) is 0.583. The smallest absolute Gasteiger partial charge is 0.254 e. The van der Waals surface area contributed by atoms with Crippen LogP contribution in [0.1, 0.15) is 37.4 Å². The van der Waals surface area contributed by atoms with E-state index >= 15 is 0 Å². The molecule has 9 nitrogen and oxygen atoms in total. The van der Waals surface area contributed by atoms with Crippen LogP contribution >= 0.6 is 0 Å². The van der Waals surface area contributed by atoms with Crippen LogP contribution in [0.2, 0.25) is 0 Å². The second-order valence-corrected chi connectivity index (χ2v) is 10.5. The molecule has 184 valence electrons. The van der Waals surface area contributed by atoms with Crippen molar-refractivity contribution in [2.75, 3.05) is 31.2 Å². The molecule has 35 heavy (non-hydrogen) atoms. The Kier molecular flexibility index (Phi) is 4.38. The molecule has 1 saturated heterocycles. The lowest BCUT2D eigenvalue weighted by Crippen LogP contribution is -2.45. The van der Waals surface area contributed by atoms with Crippen molar-refractivity contribution in [1.29, 1.82) is 0 Å². The number of aromatic nitrogens is 5. The molecule has 11 heteroatoms. The molecule has 3 fully saturated rings. The van der Waals surface area contributed by atoms with E-state index in [0.29, 0.717) is 45.6 Å². The lowest BCUT2D eigenvalue weighted by Gasteiger charge is -2.38. The van der Waals surface area contributed by atoms with E-state index in [1.54, 1.807) is 10.9 Å². The van der Waals surface area contributed by atoms with Crippen LogP contribution in [0.3, 0.4) is 0 Å². The zero-order valence-electron chi connectivity index (χ0n) is 19.5. The Labute approximate surface area is 200 Å². The third-order valence-corrected chi connectivity index (χ3v) is 8.28. The molecule has 1 atom stereocenters. The molecule has 0 aromatic carbocycles. The van der Waals surface area contributed by atoms with Gasteiger partial charge in [0.25, 0.3) is 5.92 Å². The van der Waals surface area contributed by atoms with Crippen LogP contribution in [-0.2, 0) is 22.5 Å². The molecule has 5 heterocycles. The molecule has 2 aliphatic heterocycles. The normalized spacial score (nSPS) is 29.3. The highest BCUT2D eigenvalue weighted by Gasteiger charge is 2.76. The van der Waals surface area contributed by atoms with Crippen molar-refractivity contribution in [2.24, 2.45) is 11.3 Å². The number of nitrogens with one attached hydrogen (secondary N) is 1. The van der Waals surface area contributed by atoms with Crippen molar-refractivity contribution >= 4 is 22.8 Å². The van der Waals surface area contributed by atoms with Crippen molar-refractivity contribution in [3.8, 4) is 5.82 Å². The number of alkyl halides is 2. The van der Waals surface area contributed by atoms with Crippen LogP contribution in [0.5, 0.6) is 0 Å². The van der Waals surface area contributed by atoms with E-state index in [9.17, 15) is 13.6 Å². The van der Waals surface area contributed by atoms with Crippen LogP contribution < -0.4 is 4.90 Å². The number of nitrogens with zero attached hydrogens (tertiary/aromatic N) is 6. The number of hydrogen-bond acceptors (Lipinski definition) is 6. The van der Waals surface area contributed by atoms with Gasteiger partial charge >= 0.3 is 0 Å². The highest BCUT2D eigenvalue weighted by atomic mass is 19.3. The van der Waals surface area contributed by atoms with E-state index in [1.807, 2.05) is 11.0 Å². The highest BCUT2D eigenvalue weighted by Crippen LogP contribution is 2.72. The van der Waals surface area contributed by atoms with Gasteiger partial charge in [0, 0.05) is 55.3 Å². The van der Waals surface area contributed by atoms with E-state index in [2.05, 4.69) is 28.1 Å². The van der Waals surface area contributed by atoms with Gasteiger partial charge in [0.15, 0.2) is 11.5 Å². The lowest BCUT2D eigenvalue weighted by molar-refractivity contribution is -0.143. The molecule has 1 amide bonds. The molecule has 1 spiro atoms. The number of rotatable bonds is 3. The fourth-order valence-electron chi connectivity index (χ4n) is 6.16. The second-order valence-electron chi connectivity index (χ2n) is 10.5. The van der Waals surface area contributed by atoms with Crippen molar-refractivity contribution in [2.45, 2.75) is 51.1 Å². The van der Waals surface area contributed by atoms with E-state index in [-0.39, 0.29) is 24.3 Å². The summed E-state index contributed by atoms with van der Waals surface area (Å²) in [6, 6.07) is 4.08. The first-order valence-electron chi connectivity index (χ1n) is 12.3. The number of ether oxygens (including phenoxy) is 1. The Morgan fingerprint density at radius 3 is 2.83 bits per heavy atom. The molecular weight excluding hydrogens is 456 g/mol. The second kappa shape index (κ2) is 7.22.